The molecule has 0 spiro atoms. The van der Waals surface area contributed by atoms with Gasteiger partial charge in [-0.3, -0.25) is 9.78 Å². The van der Waals surface area contributed by atoms with Gasteiger partial charge < -0.3 is 10.3 Å². The fraction of sp³-hybridized carbons (Fsp3) is 0.240. The predicted octanol–water partition coefficient (Wildman–Crippen LogP) is 4.32. The van der Waals surface area contributed by atoms with Crippen LogP contribution >= 0.6 is 0 Å². The number of pyridine rings is 1. The van der Waals surface area contributed by atoms with Gasteiger partial charge in [-0.1, -0.05) is 35.5 Å². The van der Waals surface area contributed by atoms with Crippen molar-refractivity contribution in [2.45, 2.75) is 38.0 Å². The minimum atomic E-state index is -1.31. The third kappa shape index (κ3) is 5.02. The van der Waals surface area contributed by atoms with E-state index < -0.39 is 21.6 Å². The molecule has 2 atom stereocenters. The van der Waals surface area contributed by atoms with Gasteiger partial charge in [0.15, 0.2) is 5.58 Å². The summed E-state index contributed by atoms with van der Waals surface area (Å²) in [5, 5.41) is 5.06. The highest BCUT2D eigenvalue weighted by atomic mass is 32.2. The van der Waals surface area contributed by atoms with Crippen molar-refractivity contribution in [3.63, 3.8) is 0 Å². The zero-order valence-corrected chi connectivity index (χ0v) is 19.6. The summed E-state index contributed by atoms with van der Waals surface area (Å²) in [5.41, 5.74) is 9.53. The van der Waals surface area contributed by atoms with Crippen molar-refractivity contribution in [2.75, 3.05) is 0 Å². The van der Waals surface area contributed by atoms with Crippen LogP contribution in [0.5, 0.6) is 0 Å². The second-order valence-electron chi connectivity index (χ2n) is 8.77. The fourth-order valence-corrected chi connectivity index (χ4v) is 4.37. The van der Waals surface area contributed by atoms with Gasteiger partial charge in [0.1, 0.15) is 5.69 Å². The first kappa shape index (κ1) is 22.8. The Balaban J connectivity index is 1.80. The van der Waals surface area contributed by atoms with Gasteiger partial charge in [0.05, 0.1) is 21.8 Å². The summed E-state index contributed by atoms with van der Waals surface area (Å²) < 4.78 is 21.5. The van der Waals surface area contributed by atoms with Crippen LogP contribution in [-0.4, -0.2) is 25.0 Å². The Kier molecular flexibility index (Phi) is 6.40. The molecule has 2 aromatic heterocycles. The number of primary amides is 1. The normalized spacial score (nSPS) is 13.7. The van der Waals surface area contributed by atoms with E-state index in [-0.39, 0.29) is 6.04 Å². The van der Waals surface area contributed by atoms with Crippen molar-refractivity contribution in [3.05, 3.63) is 83.7 Å². The van der Waals surface area contributed by atoms with Crippen LogP contribution in [0.4, 0.5) is 0 Å². The summed E-state index contributed by atoms with van der Waals surface area (Å²) in [6, 6.07) is 18.3. The minimum absolute atomic E-state index is 0.284. The van der Waals surface area contributed by atoms with Gasteiger partial charge in [0, 0.05) is 34.8 Å². The van der Waals surface area contributed by atoms with Crippen LogP contribution in [0.1, 0.15) is 48.4 Å². The third-order valence-electron chi connectivity index (χ3n) is 5.29. The van der Waals surface area contributed by atoms with Crippen molar-refractivity contribution < 1.29 is 13.5 Å². The van der Waals surface area contributed by atoms with Gasteiger partial charge in [-0.15, -0.1) is 0 Å². The zero-order valence-electron chi connectivity index (χ0n) is 18.7. The van der Waals surface area contributed by atoms with Crippen molar-refractivity contribution in [3.8, 4) is 11.3 Å². The molecule has 0 unspecified atom stereocenters. The minimum Gasteiger partial charge on any atom is -0.366 e. The Morgan fingerprint density at radius 2 is 1.88 bits per heavy atom. The van der Waals surface area contributed by atoms with E-state index in [9.17, 15) is 9.00 Å². The van der Waals surface area contributed by atoms with Gasteiger partial charge >= 0.3 is 0 Å². The summed E-state index contributed by atoms with van der Waals surface area (Å²) in [7, 11) is -1.31. The van der Waals surface area contributed by atoms with Gasteiger partial charge in [-0.05, 0) is 56.7 Å². The van der Waals surface area contributed by atoms with E-state index >= 15 is 0 Å². The quantitative estimate of drug-likeness (QED) is 0.425. The molecular formula is C25H26N4O3S. The number of benzene rings is 2. The van der Waals surface area contributed by atoms with Crippen LogP contribution in [0.2, 0.25) is 0 Å². The number of rotatable bonds is 7. The molecule has 1 amide bonds. The standard InChI is InChI=1S/C25H26N4O3S/c1-25(2,3)33(31)29-21(15-17-8-6-7-13-27-17)18-9-4-5-10-19(18)23-20-12-11-16(24(26)30)14-22(20)32-28-23/h4-14,21,29H,15H2,1-3H3,(H2,26,30)/t21-,33+/m0/s1. The van der Waals surface area contributed by atoms with Crippen LogP contribution in [-0.2, 0) is 17.4 Å². The highest BCUT2D eigenvalue weighted by molar-refractivity contribution is 7.84. The van der Waals surface area contributed by atoms with E-state index in [0.29, 0.717) is 23.3 Å². The largest absolute Gasteiger partial charge is 0.366 e. The second-order valence-corrected chi connectivity index (χ2v) is 10.8. The molecule has 0 aliphatic rings. The monoisotopic (exact) mass is 462 g/mol. The van der Waals surface area contributed by atoms with E-state index in [1.807, 2.05) is 63.2 Å². The molecule has 2 heterocycles. The van der Waals surface area contributed by atoms with Crippen LogP contribution in [0.25, 0.3) is 22.2 Å². The fourth-order valence-electron chi connectivity index (χ4n) is 3.55. The van der Waals surface area contributed by atoms with E-state index in [2.05, 4.69) is 14.9 Å². The maximum atomic E-state index is 13.1. The van der Waals surface area contributed by atoms with E-state index in [1.54, 1.807) is 24.4 Å². The molecule has 170 valence electrons. The highest BCUT2D eigenvalue weighted by Crippen LogP contribution is 2.35. The van der Waals surface area contributed by atoms with Crippen LogP contribution in [0.3, 0.4) is 0 Å². The molecule has 8 heteroatoms. The Labute approximate surface area is 195 Å². The molecule has 33 heavy (non-hydrogen) atoms. The molecular weight excluding hydrogens is 436 g/mol. The summed E-state index contributed by atoms with van der Waals surface area (Å²) in [4.78, 5) is 16.0. The first-order chi connectivity index (χ1) is 15.7. The summed E-state index contributed by atoms with van der Waals surface area (Å²) in [6.07, 6.45) is 2.29. The van der Waals surface area contributed by atoms with Gasteiger partial charge in [-0.25, -0.2) is 8.93 Å². The second kappa shape index (κ2) is 9.25. The van der Waals surface area contributed by atoms with Crippen molar-refractivity contribution >= 4 is 27.9 Å². The molecule has 7 nitrogen and oxygen atoms in total. The lowest BCUT2D eigenvalue weighted by molar-refractivity contribution is 0.1000. The molecule has 0 aliphatic carbocycles. The molecule has 0 saturated carbocycles. The average molecular weight is 463 g/mol. The van der Waals surface area contributed by atoms with Gasteiger partial charge in [0.25, 0.3) is 0 Å². The lowest BCUT2D eigenvalue weighted by atomic mass is 9.94. The van der Waals surface area contributed by atoms with Gasteiger partial charge in [-0.2, -0.15) is 0 Å². The number of aromatic nitrogens is 2. The highest BCUT2D eigenvalue weighted by Gasteiger charge is 2.27. The van der Waals surface area contributed by atoms with Crippen LogP contribution < -0.4 is 10.5 Å². The Bertz CT molecular complexity index is 1310. The number of fused-ring (bicyclic) bond motifs is 1. The number of nitrogens with zero attached hydrogens (tertiary/aromatic N) is 2. The summed E-state index contributed by atoms with van der Waals surface area (Å²) >= 11 is 0. The number of amides is 1. The number of carbonyl (C=O) groups is 1. The maximum Gasteiger partial charge on any atom is 0.248 e. The molecule has 0 radical (unpaired) electrons. The number of carbonyl (C=O) groups excluding carboxylic acids is 1. The summed E-state index contributed by atoms with van der Waals surface area (Å²) in [5.74, 6) is -0.528. The van der Waals surface area contributed by atoms with Crippen molar-refractivity contribution in [1.29, 1.82) is 0 Å². The Morgan fingerprint density at radius 1 is 1.12 bits per heavy atom. The molecule has 2 aromatic carbocycles. The lowest BCUT2D eigenvalue weighted by Crippen LogP contribution is -2.36. The van der Waals surface area contributed by atoms with Gasteiger partial charge in [0.2, 0.25) is 5.91 Å². The van der Waals surface area contributed by atoms with E-state index in [1.165, 1.54) is 0 Å². The molecule has 0 aliphatic heterocycles. The first-order valence-corrected chi connectivity index (χ1v) is 11.8. The van der Waals surface area contributed by atoms with E-state index in [4.69, 9.17) is 10.3 Å². The van der Waals surface area contributed by atoms with Crippen molar-refractivity contribution in [2.24, 2.45) is 5.73 Å². The molecule has 0 fully saturated rings. The molecule has 0 saturated heterocycles. The maximum absolute atomic E-state index is 13.1. The predicted molar refractivity (Wildman–Crippen MR) is 130 cm³/mol. The molecule has 4 aromatic rings. The molecule has 0 bridgehead atoms. The van der Waals surface area contributed by atoms with Crippen LogP contribution in [0.15, 0.2) is 71.4 Å². The Morgan fingerprint density at radius 3 is 2.58 bits per heavy atom. The number of nitrogens with two attached hydrogens (primary N) is 1. The van der Waals surface area contributed by atoms with E-state index in [0.717, 1.165) is 22.2 Å². The SMILES string of the molecule is CC(C)(C)[S@@](=O)N[C@@H](Cc1ccccn1)c1ccccc1-c1noc2cc(C(N)=O)ccc12. The topological polar surface area (TPSA) is 111 Å². The molecule has 3 N–H and O–H groups in total. The number of hydrogen-bond donors (Lipinski definition) is 2. The smallest absolute Gasteiger partial charge is 0.248 e. The zero-order chi connectivity index (χ0) is 23.6. The number of nitrogens with one attached hydrogen (secondary N) is 1. The molecule has 4 rings (SSSR count). The summed E-state index contributed by atoms with van der Waals surface area (Å²) in [6.45, 7) is 5.80. The Hall–Kier alpha value is -3.36. The average Bonchev–Trinajstić information content (AvgIpc) is 3.22. The van der Waals surface area contributed by atoms with Crippen molar-refractivity contribution in [1.82, 2.24) is 14.9 Å². The first-order valence-electron chi connectivity index (χ1n) is 10.6. The third-order valence-corrected chi connectivity index (χ3v) is 6.90. The lowest BCUT2D eigenvalue weighted by Gasteiger charge is -2.25. The number of hydrogen-bond acceptors (Lipinski definition) is 5. The van der Waals surface area contributed by atoms with Crippen LogP contribution in [0, 0.1) is 0 Å².